The Labute approximate surface area is 98.9 Å². The van der Waals surface area contributed by atoms with Crippen LogP contribution in [-0.4, -0.2) is 22.0 Å². The highest BCUT2D eigenvalue weighted by molar-refractivity contribution is 6.30. The van der Waals surface area contributed by atoms with Gasteiger partial charge in [-0.1, -0.05) is 11.6 Å². The monoisotopic (exact) mass is 234 g/mol. The number of hydrogen-bond acceptors (Lipinski definition) is 4. The molecule has 0 aliphatic carbocycles. The molecule has 2 aromatic rings. The molecule has 5 heteroatoms. The normalized spacial score (nSPS) is 10.1. The summed E-state index contributed by atoms with van der Waals surface area (Å²) in [5, 5.41) is 0.543. The van der Waals surface area contributed by atoms with Crippen molar-refractivity contribution in [1.29, 1.82) is 0 Å². The van der Waals surface area contributed by atoms with E-state index in [1.807, 2.05) is 24.1 Å². The maximum Gasteiger partial charge on any atom is 0.225 e. The standard InChI is InChI=1S/C11H11ClN4/c1-16(8-9-2-4-13-5-3-9)11-14-6-10(12)7-15-11/h2-7H,8H2,1H3. The fraction of sp³-hybridized carbons (Fsp3) is 0.182. The van der Waals surface area contributed by atoms with Gasteiger partial charge in [-0.2, -0.15) is 0 Å². The predicted octanol–water partition coefficient (Wildman–Crippen LogP) is 2.16. The van der Waals surface area contributed by atoms with Crippen LogP contribution in [-0.2, 0) is 6.54 Å². The lowest BCUT2D eigenvalue weighted by molar-refractivity contribution is 0.864. The summed E-state index contributed by atoms with van der Waals surface area (Å²) in [6.45, 7) is 0.740. The van der Waals surface area contributed by atoms with Crippen molar-refractivity contribution < 1.29 is 0 Å². The van der Waals surface area contributed by atoms with Gasteiger partial charge in [-0.25, -0.2) is 9.97 Å². The average Bonchev–Trinajstić information content (AvgIpc) is 2.31. The van der Waals surface area contributed by atoms with Gasteiger partial charge in [0, 0.05) is 26.0 Å². The topological polar surface area (TPSA) is 41.9 Å². The van der Waals surface area contributed by atoms with Crippen molar-refractivity contribution >= 4 is 17.5 Å². The summed E-state index contributed by atoms with van der Waals surface area (Å²) < 4.78 is 0. The van der Waals surface area contributed by atoms with Gasteiger partial charge in [0.25, 0.3) is 0 Å². The molecule has 0 spiro atoms. The maximum atomic E-state index is 5.72. The van der Waals surface area contributed by atoms with E-state index < -0.39 is 0 Å². The Morgan fingerprint density at radius 1 is 1.19 bits per heavy atom. The molecule has 2 aromatic heterocycles. The van der Waals surface area contributed by atoms with Crippen molar-refractivity contribution in [3.8, 4) is 0 Å². The molecule has 0 radical (unpaired) electrons. The second-order valence-corrected chi connectivity index (χ2v) is 3.85. The van der Waals surface area contributed by atoms with E-state index in [2.05, 4.69) is 15.0 Å². The second kappa shape index (κ2) is 4.90. The second-order valence-electron chi connectivity index (χ2n) is 3.41. The molecule has 82 valence electrons. The summed E-state index contributed by atoms with van der Waals surface area (Å²) in [5.74, 6) is 0.654. The van der Waals surface area contributed by atoms with Crippen molar-refractivity contribution in [1.82, 2.24) is 15.0 Å². The van der Waals surface area contributed by atoms with E-state index in [0.29, 0.717) is 11.0 Å². The van der Waals surface area contributed by atoms with Crippen molar-refractivity contribution in [3.63, 3.8) is 0 Å². The molecule has 2 heterocycles. The van der Waals surface area contributed by atoms with Gasteiger partial charge in [0.1, 0.15) is 0 Å². The zero-order valence-corrected chi connectivity index (χ0v) is 9.59. The van der Waals surface area contributed by atoms with Crippen LogP contribution >= 0.6 is 11.6 Å². The summed E-state index contributed by atoms with van der Waals surface area (Å²) in [6.07, 6.45) is 6.72. The fourth-order valence-electron chi connectivity index (χ4n) is 1.34. The quantitative estimate of drug-likeness (QED) is 0.816. The molecular formula is C11H11ClN4. The lowest BCUT2D eigenvalue weighted by atomic mass is 10.2. The van der Waals surface area contributed by atoms with Crippen molar-refractivity contribution in [2.45, 2.75) is 6.54 Å². The van der Waals surface area contributed by atoms with Gasteiger partial charge in [-0.15, -0.1) is 0 Å². The molecule has 2 rings (SSSR count). The van der Waals surface area contributed by atoms with E-state index >= 15 is 0 Å². The van der Waals surface area contributed by atoms with Crippen LogP contribution in [0.4, 0.5) is 5.95 Å². The molecule has 0 saturated heterocycles. The molecule has 0 fully saturated rings. The number of pyridine rings is 1. The van der Waals surface area contributed by atoms with Crippen molar-refractivity contribution in [2.24, 2.45) is 0 Å². The third kappa shape index (κ3) is 2.67. The molecule has 0 aromatic carbocycles. The average molecular weight is 235 g/mol. The Morgan fingerprint density at radius 3 is 2.44 bits per heavy atom. The van der Waals surface area contributed by atoms with Crippen LogP contribution in [0.2, 0.25) is 5.02 Å². The van der Waals surface area contributed by atoms with E-state index in [4.69, 9.17) is 11.6 Å². The maximum absolute atomic E-state index is 5.72. The largest absolute Gasteiger partial charge is 0.340 e. The molecule has 0 atom stereocenters. The molecule has 4 nitrogen and oxygen atoms in total. The third-order valence-corrected chi connectivity index (χ3v) is 2.31. The van der Waals surface area contributed by atoms with Crippen LogP contribution in [0.25, 0.3) is 0 Å². The number of anilines is 1. The van der Waals surface area contributed by atoms with Gasteiger partial charge in [0.15, 0.2) is 0 Å². The Morgan fingerprint density at radius 2 is 1.81 bits per heavy atom. The molecule has 0 saturated carbocycles. The summed E-state index contributed by atoms with van der Waals surface area (Å²) in [7, 11) is 1.93. The van der Waals surface area contributed by atoms with Crippen LogP contribution in [0, 0.1) is 0 Å². The van der Waals surface area contributed by atoms with Crippen LogP contribution < -0.4 is 4.90 Å². The van der Waals surface area contributed by atoms with Gasteiger partial charge >= 0.3 is 0 Å². The minimum Gasteiger partial charge on any atom is -0.340 e. The first-order valence-electron chi connectivity index (χ1n) is 4.83. The summed E-state index contributed by atoms with van der Waals surface area (Å²) in [6, 6.07) is 3.93. The third-order valence-electron chi connectivity index (χ3n) is 2.12. The van der Waals surface area contributed by atoms with Gasteiger partial charge in [0.2, 0.25) is 5.95 Å². The minimum atomic E-state index is 0.543. The van der Waals surface area contributed by atoms with Crippen LogP contribution in [0.5, 0.6) is 0 Å². The van der Waals surface area contributed by atoms with Gasteiger partial charge < -0.3 is 4.90 Å². The highest BCUT2D eigenvalue weighted by Crippen LogP contribution is 2.11. The highest BCUT2D eigenvalue weighted by Gasteiger charge is 2.04. The number of nitrogens with zero attached hydrogens (tertiary/aromatic N) is 4. The molecule has 0 aliphatic rings. The first-order chi connectivity index (χ1) is 7.75. The molecule has 16 heavy (non-hydrogen) atoms. The summed E-state index contributed by atoms with van der Waals surface area (Å²) in [5.41, 5.74) is 1.16. The number of halogens is 1. The Hall–Kier alpha value is -1.68. The van der Waals surface area contributed by atoms with Crippen molar-refractivity contribution in [2.75, 3.05) is 11.9 Å². The van der Waals surface area contributed by atoms with Crippen LogP contribution in [0.15, 0.2) is 36.9 Å². The zero-order valence-electron chi connectivity index (χ0n) is 8.84. The zero-order chi connectivity index (χ0) is 11.4. The predicted molar refractivity (Wildman–Crippen MR) is 63.4 cm³/mol. The van der Waals surface area contributed by atoms with E-state index in [1.54, 1.807) is 24.8 Å². The Kier molecular flexibility index (Phi) is 3.31. The summed E-state index contributed by atoms with van der Waals surface area (Å²) in [4.78, 5) is 14.2. The number of rotatable bonds is 3. The molecule has 0 N–H and O–H groups in total. The van der Waals surface area contributed by atoms with Crippen LogP contribution in [0.1, 0.15) is 5.56 Å². The SMILES string of the molecule is CN(Cc1ccncc1)c1ncc(Cl)cn1. The first kappa shape index (κ1) is 10.8. The van der Waals surface area contributed by atoms with Gasteiger partial charge in [0.05, 0.1) is 17.4 Å². The smallest absolute Gasteiger partial charge is 0.225 e. The van der Waals surface area contributed by atoms with E-state index in [1.165, 1.54) is 0 Å². The molecule has 0 bridgehead atoms. The van der Waals surface area contributed by atoms with Gasteiger partial charge in [-0.3, -0.25) is 4.98 Å². The first-order valence-corrected chi connectivity index (χ1v) is 5.21. The fourth-order valence-corrected chi connectivity index (χ4v) is 1.43. The van der Waals surface area contributed by atoms with Crippen molar-refractivity contribution in [3.05, 3.63) is 47.5 Å². The van der Waals surface area contributed by atoms with Gasteiger partial charge in [-0.05, 0) is 17.7 Å². The minimum absolute atomic E-state index is 0.543. The highest BCUT2D eigenvalue weighted by atomic mass is 35.5. The summed E-state index contributed by atoms with van der Waals surface area (Å²) >= 11 is 5.72. The van der Waals surface area contributed by atoms with E-state index in [9.17, 15) is 0 Å². The Balaban J connectivity index is 2.09. The Bertz CT molecular complexity index is 443. The molecule has 0 unspecified atom stereocenters. The van der Waals surface area contributed by atoms with E-state index in [-0.39, 0.29) is 0 Å². The number of aromatic nitrogens is 3. The molecule has 0 aliphatic heterocycles. The molecular weight excluding hydrogens is 224 g/mol. The lowest BCUT2D eigenvalue weighted by Crippen LogP contribution is -2.18. The molecule has 0 amide bonds. The number of hydrogen-bond donors (Lipinski definition) is 0. The van der Waals surface area contributed by atoms with Crippen LogP contribution in [0.3, 0.4) is 0 Å². The lowest BCUT2D eigenvalue weighted by Gasteiger charge is -2.16. The van der Waals surface area contributed by atoms with E-state index in [0.717, 1.165) is 12.1 Å².